The highest BCUT2D eigenvalue weighted by Gasteiger charge is 2.47. The Balaban J connectivity index is 1.61. The minimum atomic E-state index is -3.96. The molecule has 1 aliphatic rings. The summed E-state index contributed by atoms with van der Waals surface area (Å²) < 4.78 is 50.8. The number of nitrogens with zero attached hydrogens (tertiary/aromatic N) is 1. The molecule has 2 N–H and O–H groups in total. The fraction of sp³-hybridized carbons (Fsp3) is 0.259. The quantitative estimate of drug-likeness (QED) is 0.498. The fourth-order valence-electron chi connectivity index (χ4n) is 4.53. The van der Waals surface area contributed by atoms with E-state index in [9.17, 15) is 17.6 Å². The highest BCUT2D eigenvalue weighted by Crippen LogP contribution is 2.42. The van der Waals surface area contributed by atoms with Gasteiger partial charge in [-0.1, -0.05) is 61.5 Å². The Kier molecular flexibility index (Phi) is 6.51. The largest absolute Gasteiger partial charge is 0.472 e. The van der Waals surface area contributed by atoms with Crippen molar-refractivity contribution in [2.24, 2.45) is 10.1 Å². The summed E-state index contributed by atoms with van der Waals surface area (Å²) in [6, 6.07) is 20.3. The van der Waals surface area contributed by atoms with Crippen LogP contribution in [0.2, 0.25) is 0 Å². The Morgan fingerprint density at radius 3 is 2.37 bits per heavy atom. The standard InChI is InChI=1S/C27H27FN2O4S/c1-17(22-9-4-5-10-23(22)28)15-24-30-35(32,33)25(27(2,3)34-24)19-13-11-18(12-14-19)20-7-6-8-21(16-20)26(29)31/h4-14,16-17,25H,15H2,1-3H3,(H2,29,31)/t17-,25?/m1/s1. The molecule has 0 bridgehead atoms. The van der Waals surface area contributed by atoms with Gasteiger partial charge in [-0.15, -0.1) is 4.40 Å². The molecule has 0 saturated heterocycles. The third-order valence-corrected chi connectivity index (χ3v) is 8.04. The van der Waals surface area contributed by atoms with Crippen molar-refractivity contribution >= 4 is 21.8 Å². The van der Waals surface area contributed by atoms with Gasteiger partial charge in [-0.25, -0.2) is 12.8 Å². The van der Waals surface area contributed by atoms with Crippen molar-refractivity contribution in [1.82, 2.24) is 0 Å². The van der Waals surface area contributed by atoms with Gasteiger partial charge in [0.15, 0.2) is 0 Å². The zero-order valence-electron chi connectivity index (χ0n) is 19.7. The number of ether oxygens (including phenoxy) is 1. The summed E-state index contributed by atoms with van der Waals surface area (Å²) in [4.78, 5) is 11.5. The van der Waals surface area contributed by atoms with Crippen LogP contribution in [0.4, 0.5) is 4.39 Å². The molecule has 35 heavy (non-hydrogen) atoms. The van der Waals surface area contributed by atoms with Gasteiger partial charge in [0.05, 0.1) is 0 Å². The molecule has 1 heterocycles. The molecule has 6 nitrogen and oxygen atoms in total. The summed E-state index contributed by atoms with van der Waals surface area (Å²) in [6.45, 7) is 5.23. The number of rotatable bonds is 6. The summed E-state index contributed by atoms with van der Waals surface area (Å²) >= 11 is 0. The Labute approximate surface area is 204 Å². The second kappa shape index (κ2) is 9.26. The third kappa shape index (κ3) is 5.12. The van der Waals surface area contributed by atoms with Crippen molar-refractivity contribution in [3.05, 3.63) is 95.3 Å². The van der Waals surface area contributed by atoms with Crippen molar-refractivity contribution < 1.29 is 22.3 Å². The summed E-state index contributed by atoms with van der Waals surface area (Å²) in [5, 5.41) is -1.02. The molecule has 0 spiro atoms. The SMILES string of the molecule is C[C@H](CC1=NS(=O)(=O)C(c2ccc(-c3cccc(C(N)=O)c3)cc2)C(C)(C)O1)c1ccccc1F. The average Bonchev–Trinajstić information content (AvgIpc) is 2.78. The number of primary amides is 1. The summed E-state index contributed by atoms with van der Waals surface area (Å²) in [5.74, 6) is -1.11. The van der Waals surface area contributed by atoms with Crippen LogP contribution in [0, 0.1) is 5.82 Å². The third-order valence-electron chi connectivity index (χ3n) is 6.15. The highest BCUT2D eigenvalue weighted by atomic mass is 32.2. The van der Waals surface area contributed by atoms with Gasteiger partial charge in [-0.05, 0) is 60.2 Å². The lowest BCUT2D eigenvalue weighted by molar-refractivity contribution is 0.0803. The molecule has 0 fully saturated rings. The predicted octanol–water partition coefficient (Wildman–Crippen LogP) is 5.36. The molecule has 0 radical (unpaired) electrons. The molecular weight excluding hydrogens is 467 g/mol. The van der Waals surface area contributed by atoms with E-state index in [1.807, 2.05) is 13.0 Å². The molecule has 1 unspecified atom stereocenters. The molecule has 2 atom stereocenters. The zero-order chi connectivity index (χ0) is 25.4. The maximum absolute atomic E-state index is 14.2. The lowest BCUT2D eigenvalue weighted by atomic mass is 9.94. The van der Waals surface area contributed by atoms with Gasteiger partial charge in [-0.2, -0.15) is 0 Å². The Bertz CT molecular complexity index is 1400. The number of carbonyl (C=O) groups excluding carboxylic acids is 1. The Morgan fingerprint density at radius 2 is 1.74 bits per heavy atom. The molecular formula is C27H27FN2O4S. The van der Waals surface area contributed by atoms with E-state index in [4.69, 9.17) is 10.5 Å². The molecule has 0 aromatic heterocycles. The number of hydrogen-bond donors (Lipinski definition) is 1. The number of amides is 1. The van der Waals surface area contributed by atoms with Crippen LogP contribution in [0.5, 0.6) is 0 Å². The Hall–Kier alpha value is -3.52. The van der Waals surface area contributed by atoms with E-state index < -0.39 is 26.8 Å². The van der Waals surface area contributed by atoms with Gasteiger partial charge in [0.25, 0.3) is 10.0 Å². The normalized spacial score (nSPS) is 19.3. The number of sulfonamides is 1. The average molecular weight is 495 g/mol. The van der Waals surface area contributed by atoms with E-state index in [1.165, 1.54) is 6.07 Å². The number of benzene rings is 3. The van der Waals surface area contributed by atoms with Crippen molar-refractivity contribution in [3.63, 3.8) is 0 Å². The van der Waals surface area contributed by atoms with E-state index in [0.29, 0.717) is 16.7 Å². The van der Waals surface area contributed by atoms with Gasteiger partial charge in [0, 0.05) is 12.0 Å². The van der Waals surface area contributed by atoms with Crippen LogP contribution >= 0.6 is 0 Å². The molecule has 1 aliphatic heterocycles. The number of halogens is 1. The van der Waals surface area contributed by atoms with Crippen molar-refractivity contribution in [1.29, 1.82) is 0 Å². The first-order chi connectivity index (χ1) is 16.5. The van der Waals surface area contributed by atoms with Gasteiger partial charge < -0.3 is 10.5 Å². The smallest absolute Gasteiger partial charge is 0.267 e. The van der Waals surface area contributed by atoms with Crippen molar-refractivity contribution in [3.8, 4) is 11.1 Å². The molecule has 3 aromatic carbocycles. The predicted molar refractivity (Wildman–Crippen MR) is 134 cm³/mol. The van der Waals surface area contributed by atoms with Gasteiger partial charge in [0.1, 0.15) is 16.7 Å². The molecule has 8 heteroatoms. The molecule has 0 saturated carbocycles. The topological polar surface area (TPSA) is 98.8 Å². The van der Waals surface area contributed by atoms with Crippen LogP contribution in [0.1, 0.15) is 59.8 Å². The number of carbonyl (C=O) groups is 1. The van der Waals surface area contributed by atoms with Crippen LogP contribution in [0.15, 0.2) is 77.2 Å². The Morgan fingerprint density at radius 1 is 1.06 bits per heavy atom. The minimum Gasteiger partial charge on any atom is -0.472 e. The monoisotopic (exact) mass is 494 g/mol. The second-order valence-corrected chi connectivity index (χ2v) is 11.0. The van der Waals surface area contributed by atoms with E-state index >= 15 is 0 Å². The maximum Gasteiger partial charge on any atom is 0.267 e. The van der Waals surface area contributed by atoms with Crippen LogP contribution in [0.25, 0.3) is 11.1 Å². The number of nitrogens with two attached hydrogens (primary N) is 1. The lowest BCUT2D eigenvalue weighted by Crippen LogP contribution is -2.43. The van der Waals surface area contributed by atoms with Crippen LogP contribution in [-0.2, 0) is 14.8 Å². The summed E-state index contributed by atoms with van der Waals surface area (Å²) in [7, 11) is -3.96. The van der Waals surface area contributed by atoms with Gasteiger partial charge >= 0.3 is 0 Å². The lowest BCUT2D eigenvalue weighted by Gasteiger charge is -2.37. The van der Waals surface area contributed by atoms with E-state index in [-0.39, 0.29) is 24.1 Å². The molecule has 3 aromatic rings. The second-order valence-electron chi connectivity index (χ2n) is 9.28. The highest BCUT2D eigenvalue weighted by molar-refractivity contribution is 7.90. The van der Waals surface area contributed by atoms with Gasteiger partial charge in [0.2, 0.25) is 11.8 Å². The van der Waals surface area contributed by atoms with E-state index in [2.05, 4.69) is 4.40 Å². The summed E-state index contributed by atoms with van der Waals surface area (Å²) in [5.41, 5.74) is 7.28. The van der Waals surface area contributed by atoms with E-state index in [1.54, 1.807) is 74.5 Å². The van der Waals surface area contributed by atoms with Gasteiger partial charge in [-0.3, -0.25) is 4.79 Å². The number of hydrogen-bond acceptors (Lipinski definition) is 4. The van der Waals surface area contributed by atoms with Crippen LogP contribution < -0.4 is 5.73 Å². The van der Waals surface area contributed by atoms with Crippen molar-refractivity contribution in [2.75, 3.05) is 0 Å². The molecule has 4 rings (SSSR count). The first-order valence-corrected chi connectivity index (χ1v) is 12.7. The fourth-order valence-corrected chi connectivity index (χ4v) is 6.30. The van der Waals surface area contributed by atoms with E-state index in [0.717, 1.165) is 11.1 Å². The zero-order valence-corrected chi connectivity index (χ0v) is 20.6. The molecule has 0 aliphatic carbocycles. The van der Waals surface area contributed by atoms with Crippen molar-refractivity contribution in [2.45, 2.75) is 44.0 Å². The minimum absolute atomic E-state index is 0.0712. The van der Waals surface area contributed by atoms with Crippen LogP contribution in [0.3, 0.4) is 0 Å². The maximum atomic E-state index is 14.2. The summed E-state index contributed by atoms with van der Waals surface area (Å²) in [6.07, 6.45) is 0.158. The first-order valence-electron chi connectivity index (χ1n) is 11.2. The first kappa shape index (κ1) is 24.6. The van der Waals surface area contributed by atoms with Crippen LogP contribution in [-0.4, -0.2) is 25.8 Å². The molecule has 1 amide bonds. The molecule has 182 valence electrons.